The van der Waals surface area contributed by atoms with Gasteiger partial charge in [-0.1, -0.05) is 12.1 Å². The molecule has 1 aliphatic heterocycles. The highest BCUT2D eigenvalue weighted by atomic mass is 32.2. The summed E-state index contributed by atoms with van der Waals surface area (Å²) in [6.07, 6.45) is 0.968. The number of carbonyl (C=O) groups excluding carboxylic acids is 2. The van der Waals surface area contributed by atoms with Crippen LogP contribution in [0.15, 0.2) is 42.5 Å². The lowest BCUT2D eigenvalue weighted by Gasteiger charge is -2.46. The Morgan fingerprint density at radius 3 is 2.32 bits per heavy atom. The minimum atomic E-state index is -3.75. The van der Waals surface area contributed by atoms with Crippen molar-refractivity contribution >= 4 is 27.5 Å². The van der Waals surface area contributed by atoms with E-state index in [0.29, 0.717) is 16.8 Å². The van der Waals surface area contributed by atoms with Gasteiger partial charge in [-0.2, -0.15) is 4.31 Å². The number of anilines is 1. The number of nitrogens with zero attached hydrogens (tertiary/aromatic N) is 2. The Kier molecular flexibility index (Phi) is 6.15. The zero-order chi connectivity index (χ0) is 23.0. The maximum atomic E-state index is 13.6. The van der Waals surface area contributed by atoms with Crippen molar-refractivity contribution in [2.24, 2.45) is 0 Å². The van der Waals surface area contributed by atoms with Gasteiger partial charge in [-0.3, -0.25) is 14.5 Å². The summed E-state index contributed by atoms with van der Waals surface area (Å²) in [5, 5.41) is 2.70. The molecule has 10 heteroatoms. The van der Waals surface area contributed by atoms with Crippen LogP contribution in [0.25, 0.3) is 0 Å². The average Bonchev–Trinajstić information content (AvgIpc) is 2.67. The zero-order valence-electron chi connectivity index (χ0n) is 17.4. The third-order valence-corrected chi connectivity index (χ3v) is 6.46. The van der Waals surface area contributed by atoms with Gasteiger partial charge < -0.3 is 5.32 Å². The van der Waals surface area contributed by atoms with Crippen molar-refractivity contribution in [3.05, 3.63) is 65.2 Å². The molecule has 3 rings (SSSR count). The van der Waals surface area contributed by atoms with Gasteiger partial charge in [-0.05, 0) is 55.3 Å². The van der Waals surface area contributed by atoms with Crippen molar-refractivity contribution in [2.45, 2.75) is 25.9 Å². The fourth-order valence-electron chi connectivity index (χ4n) is 3.62. The van der Waals surface area contributed by atoms with E-state index in [4.69, 9.17) is 0 Å². The summed E-state index contributed by atoms with van der Waals surface area (Å²) in [4.78, 5) is 27.5. The summed E-state index contributed by atoms with van der Waals surface area (Å²) in [6.45, 7) is 2.41. The maximum absolute atomic E-state index is 13.6. The first-order valence-corrected chi connectivity index (χ1v) is 11.3. The van der Waals surface area contributed by atoms with Gasteiger partial charge in [0.25, 0.3) is 0 Å². The van der Waals surface area contributed by atoms with Crippen LogP contribution in [0.1, 0.15) is 18.1 Å². The Hall–Kier alpha value is -2.85. The highest BCUT2D eigenvalue weighted by Crippen LogP contribution is 2.33. The van der Waals surface area contributed by atoms with Crippen LogP contribution < -0.4 is 10.2 Å². The van der Waals surface area contributed by atoms with Crippen molar-refractivity contribution in [1.82, 2.24) is 9.62 Å². The number of benzene rings is 2. The lowest BCUT2D eigenvalue weighted by atomic mass is 9.93. The highest BCUT2D eigenvalue weighted by molar-refractivity contribution is 7.88. The lowest BCUT2D eigenvalue weighted by molar-refractivity contribution is -0.133. The van der Waals surface area contributed by atoms with E-state index < -0.39 is 45.6 Å². The summed E-state index contributed by atoms with van der Waals surface area (Å²) < 4.78 is 52.0. The molecule has 31 heavy (non-hydrogen) atoms. The van der Waals surface area contributed by atoms with Crippen LogP contribution in [-0.2, 0) is 26.2 Å². The van der Waals surface area contributed by atoms with Crippen molar-refractivity contribution in [3.8, 4) is 0 Å². The number of sulfonamides is 1. The minimum absolute atomic E-state index is 0.0536. The van der Waals surface area contributed by atoms with Gasteiger partial charge in [0.2, 0.25) is 21.8 Å². The summed E-state index contributed by atoms with van der Waals surface area (Å²) in [6, 6.07) is 9.34. The smallest absolute Gasteiger partial charge is 0.247 e. The third kappa shape index (κ3) is 4.75. The van der Waals surface area contributed by atoms with Gasteiger partial charge in [0.05, 0.1) is 12.8 Å². The zero-order valence-corrected chi connectivity index (χ0v) is 18.2. The maximum Gasteiger partial charge on any atom is 0.247 e. The summed E-state index contributed by atoms with van der Waals surface area (Å²) >= 11 is 0. The quantitative estimate of drug-likeness (QED) is 0.753. The van der Waals surface area contributed by atoms with Crippen LogP contribution in [0.4, 0.5) is 14.5 Å². The van der Waals surface area contributed by atoms with Crippen LogP contribution in [0.5, 0.6) is 0 Å². The number of rotatable bonds is 5. The average molecular weight is 451 g/mol. The molecule has 0 saturated carbocycles. The van der Waals surface area contributed by atoms with Crippen molar-refractivity contribution in [1.29, 1.82) is 0 Å². The van der Waals surface area contributed by atoms with Crippen LogP contribution in [0, 0.1) is 18.6 Å². The summed E-state index contributed by atoms with van der Waals surface area (Å²) in [5.41, 5.74) is -0.219. The molecule has 0 aromatic heterocycles. The molecule has 0 radical (unpaired) electrons. The fourth-order valence-corrected chi connectivity index (χ4v) is 4.45. The second-order valence-corrected chi connectivity index (χ2v) is 9.76. The first-order chi connectivity index (χ1) is 14.4. The standard InChI is InChI=1S/C21H23F2N3O4S/c1-14-10-17(23)8-9-18(14)26-19(27)12-25(31(3,29)30)13-21(26,2)20(28)24-11-15-4-6-16(22)7-5-15/h4-10H,11-13H2,1-3H3,(H,24,28)/t21-/m1/s1. The summed E-state index contributed by atoms with van der Waals surface area (Å²) in [7, 11) is -3.75. The van der Waals surface area contributed by atoms with Crippen molar-refractivity contribution < 1.29 is 26.8 Å². The molecule has 1 heterocycles. The first kappa shape index (κ1) is 22.8. The number of aryl methyl sites for hydroxylation is 1. The molecule has 1 N–H and O–H groups in total. The van der Waals surface area contributed by atoms with E-state index >= 15 is 0 Å². The van der Waals surface area contributed by atoms with Crippen LogP contribution in [0.2, 0.25) is 0 Å². The molecule has 1 fully saturated rings. The third-order valence-electron chi connectivity index (χ3n) is 5.26. The number of nitrogens with one attached hydrogen (secondary N) is 1. The Bertz CT molecular complexity index is 1120. The van der Waals surface area contributed by atoms with Gasteiger partial charge in [-0.15, -0.1) is 0 Å². The predicted octanol–water partition coefficient (Wildman–Crippen LogP) is 1.96. The normalized spacial score (nSPS) is 20.0. The molecule has 7 nitrogen and oxygen atoms in total. The molecule has 166 valence electrons. The Labute approximate surface area is 179 Å². The van der Waals surface area contributed by atoms with Crippen LogP contribution in [-0.4, -0.2) is 49.4 Å². The van der Waals surface area contributed by atoms with Gasteiger partial charge in [-0.25, -0.2) is 17.2 Å². The SMILES string of the molecule is Cc1cc(F)ccc1N1C(=O)CN(S(C)(=O)=O)C[C@]1(C)C(=O)NCc1ccc(F)cc1. The number of hydrogen-bond donors (Lipinski definition) is 1. The topological polar surface area (TPSA) is 86.8 Å². The monoisotopic (exact) mass is 451 g/mol. The van der Waals surface area contributed by atoms with E-state index in [9.17, 15) is 26.8 Å². The molecule has 0 spiro atoms. The van der Waals surface area contributed by atoms with E-state index in [1.165, 1.54) is 54.3 Å². The molecule has 0 unspecified atom stereocenters. The minimum Gasteiger partial charge on any atom is -0.350 e. The number of piperazine rings is 1. The van der Waals surface area contributed by atoms with E-state index in [1.807, 2.05) is 0 Å². The van der Waals surface area contributed by atoms with E-state index in [0.717, 1.165) is 10.6 Å². The largest absolute Gasteiger partial charge is 0.350 e. The molecule has 1 atom stereocenters. The number of carbonyl (C=O) groups is 2. The van der Waals surface area contributed by atoms with Gasteiger partial charge in [0.1, 0.15) is 17.2 Å². The van der Waals surface area contributed by atoms with E-state index in [2.05, 4.69) is 5.32 Å². The Balaban J connectivity index is 1.98. The van der Waals surface area contributed by atoms with Crippen LogP contribution >= 0.6 is 0 Å². The van der Waals surface area contributed by atoms with Crippen molar-refractivity contribution in [2.75, 3.05) is 24.2 Å². The van der Waals surface area contributed by atoms with E-state index in [1.54, 1.807) is 6.92 Å². The number of hydrogen-bond acceptors (Lipinski definition) is 4. The van der Waals surface area contributed by atoms with Gasteiger partial charge in [0, 0.05) is 18.8 Å². The number of halogens is 2. The molecular formula is C21H23F2N3O4S. The second-order valence-electron chi connectivity index (χ2n) is 7.77. The van der Waals surface area contributed by atoms with E-state index in [-0.39, 0.29) is 13.1 Å². The molecule has 0 bridgehead atoms. The highest BCUT2D eigenvalue weighted by Gasteiger charge is 2.50. The molecule has 2 amide bonds. The molecule has 0 aliphatic carbocycles. The Morgan fingerprint density at radius 1 is 1.13 bits per heavy atom. The van der Waals surface area contributed by atoms with Crippen LogP contribution in [0.3, 0.4) is 0 Å². The molecule has 2 aromatic rings. The van der Waals surface area contributed by atoms with Gasteiger partial charge >= 0.3 is 0 Å². The summed E-state index contributed by atoms with van der Waals surface area (Å²) in [5.74, 6) is -2.11. The predicted molar refractivity (Wildman–Crippen MR) is 112 cm³/mol. The van der Waals surface area contributed by atoms with Gasteiger partial charge in [0.15, 0.2) is 0 Å². The molecule has 1 saturated heterocycles. The molecule has 1 aliphatic rings. The fraction of sp³-hybridized carbons (Fsp3) is 0.333. The molecule has 2 aromatic carbocycles. The first-order valence-electron chi connectivity index (χ1n) is 9.49. The second kappa shape index (κ2) is 8.35. The van der Waals surface area contributed by atoms with Crippen molar-refractivity contribution in [3.63, 3.8) is 0 Å². The lowest BCUT2D eigenvalue weighted by Crippen LogP contribution is -2.70. The number of amides is 2. The molecular weight excluding hydrogens is 428 g/mol. The Morgan fingerprint density at radius 2 is 1.74 bits per heavy atom.